The van der Waals surface area contributed by atoms with Crippen LogP contribution in [0.15, 0.2) is 24.3 Å². The van der Waals surface area contributed by atoms with Crippen LogP contribution in [0.5, 0.6) is 5.75 Å². The van der Waals surface area contributed by atoms with E-state index in [1.165, 1.54) is 0 Å². The van der Waals surface area contributed by atoms with Gasteiger partial charge in [0.05, 0.1) is 12.0 Å². The Morgan fingerprint density at radius 1 is 1.24 bits per heavy atom. The molecule has 2 aliphatic rings. The van der Waals surface area contributed by atoms with E-state index in [9.17, 15) is 19.8 Å². The van der Waals surface area contributed by atoms with E-state index in [1.54, 1.807) is 18.2 Å². The number of likely N-dealkylation sites (tertiary alicyclic amines) is 2. The summed E-state index contributed by atoms with van der Waals surface area (Å²) in [7, 11) is 0. The summed E-state index contributed by atoms with van der Waals surface area (Å²) < 4.78 is 0. The van der Waals surface area contributed by atoms with Gasteiger partial charge >= 0.3 is 11.9 Å². The molecule has 0 saturated carbocycles. The van der Waals surface area contributed by atoms with Gasteiger partial charge in [-0.2, -0.15) is 0 Å². The van der Waals surface area contributed by atoms with Gasteiger partial charge in [0.15, 0.2) is 0 Å². The number of phenolic OH excluding ortho intramolecular Hbond substituents is 1. The Kier molecular flexibility index (Phi) is 4.96. The molecule has 7 nitrogen and oxygen atoms in total. The highest BCUT2D eigenvalue weighted by atomic mass is 16.4. The zero-order chi connectivity index (χ0) is 18.0. The first-order chi connectivity index (χ1) is 11.9. The monoisotopic (exact) mass is 348 g/mol. The van der Waals surface area contributed by atoms with Gasteiger partial charge in [0.2, 0.25) is 0 Å². The lowest BCUT2D eigenvalue weighted by molar-refractivity contribution is -0.166. The third kappa shape index (κ3) is 3.62. The molecule has 2 heterocycles. The molecule has 0 unspecified atom stereocenters. The number of nitrogens with zero attached hydrogens (tertiary/aromatic N) is 2. The summed E-state index contributed by atoms with van der Waals surface area (Å²) in [6.45, 7) is 2.23. The molecule has 0 bridgehead atoms. The van der Waals surface area contributed by atoms with Crippen LogP contribution in [-0.2, 0) is 16.1 Å². The number of piperidine rings is 2. The third-order valence-electron chi connectivity index (χ3n) is 5.45. The van der Waals surface area contributed by atoms with Crippen LogP contribution in [0.1, 0.15) is 24.8 Å². The van der Waals surface area contributed by atoms with Crippen LogP contribution < -0.4 is 0 Å². The second kappa shape index (κ2) is 7.01. The molecule has 2 fully saturated rings. The lowest BCUT2D eigenvalue weighted by Crippen LogP contribution is -2.64. The highest BCUT2D eigenvalue weighted by Gasteiger charge is 2.53. The Bertz CT molecular complexity index is 665. The molecule has 2 aliphatic heterocycles. The van der Waals surface area contributed by atoms with Crippen molar-refractivity contribution in [2.75, 3.05) is 26.2 Å². The molecule has 2 atom stereocenters. The number of benzene rings is 1. The van der Waals surface area contributed by atoms with Gasteiger partial charge in [-0.15, -0.1) is 0 Å². The molecule has 1 aromatic rings. The van der Waals surface area contributed by atoms with Gasteiger partial charge in [-0.25, -0.2) is 0 Å². The highest BCUT2D eigenvalue weighted by Crippen LogP contribution is 2.42. The lowest BCUT2D eigenvalue weighted by Gasteiger charge is -2.52. The minimum Gasteiger partial charge on any atom is -0.508 e. The molecule has 1 aromatic carbocycles. The Hall–Kier alpha value is -2.12. The van der Waals surface area contributed by atoms with Gasteiger partial charge in [0.1, 0.15) is 5.75 Å². The summed E-state index contributed by atoms with van der Waals surface area (Å²) in [6, 6.07) is 6.75. The van der Waals surface area contributed by atoms with E-state index in [1.807, 2.05) is 11.0 Å². The van der Waals surface area contributed by atoms with Crippen molar-refractivity contribution in [3.8, 4) is 5.75 Å². The van der Waals surface area contributed by atoms with Gasteiger partial charge in [0.25, 0.3) is 0 Å². The molecule has 0 radical (unpaired) electrons. The minimum atomic E-state index is -0.928. The van der Waals surface area contributed by atoms with Crippen molar-refractivity contribution in [1.29, 1.82) is 0 Å². The molecule has 2 saturated heterocycles. The van der Waals surface area contributed by atoms with Crippen LogP contribution in [0.3, 0.4) is 0 Å². The lowest BCUT2D eigenvalue weighted by atomic mass is 9.69. The zero-order valence-corrected chi connectivity index (χ0v) is 14.1. The Morgan fingerprint density at radius 3 is 2.72 bits per heavy atom. The van der Waals surface area contributed by atoms with Gasteiger partial charge in [0, 0.05) is 25.7 Å². The van der Waals surface area contributed by atoms with Crippen LogP contribution in [-0.4, -0.2) is 69.3 Å². The van der Waals surface area contributed by atoms with E-state index in [0.717, 1.165) is 5.56 Å². The van der Waals surface area contributed by atoms with Crippen molar-refractivity contribution < 1.29 is 24.9 Å². The second-order valence-corrected chi connectivity index (χ2v) is 7.11. The van der Waals surface area contributed by atoms with Crippen LogP contribution in [0.4, 0.5) is 0 Å². The summed E-state index contributed by atoms with van der Waals surface area (Å²) in [5, 5.41) is 28.7. The largest absolute Gasteiger partial charge is 0.508 e. The number of aliphatic carboxylic acids is 2. The summed E-state index contributed by atoms with van der Waals surface area (Å²) in [4.78, 5) is 27.2. The number of phenols is 1. The van der Waals surface area contributed by atoms with E-state index in [0.29, 0.717) is 45.4 Å². The normalized spacial score (nSPS) is 27.6. The number of rotatable bonds is 5. The van der Waals surface area contributed by atoms with Crippen molar-refractivity contribution in [2.24, 2.45) is 5.41 Å². The SMILES string of the molecule is O=C(O)CN1CCC[C@@]2(C(=O)O)CN(Cc3cccc(O)c3)CC[C@H]12. The van der Waals surface area contributed by atoms with Gasteiger partial charge in [-0.05, 0) is 43.5 Å². The number of fused-ring (bicyclic) bond motifs is 1. The summed E-state index contributed by atoms with van der Waals surface area (Å²) in [5.74, 6) is -1.55. The van der Waals surface area contributed by atoms with Crippen molar-refractivity contribution in [1.82, 2.24) is 9.80 Å². The Balaban J connectivity index is 1.79. The molecular weight excluding hydrogens is 324 g/mol. The number of hydrogen-bond acceptors (Lipinski definition) is 5. The van der Waals surface area contributed by atoms with Crippen molar-refractivity contribution in [3.63, 3.8) is 0 Å². The average Bonchev–Trinajstić information content (AvgIpc) is 2.54. The molecule has 25 heavy (non-hydrogen) atoms. The van der Waals surface area contributed by atoms with Gasteiger partial charge in [-0.1, -0.05) is 12.1 Å². The molecular formula is C18H24N2O5. The maximum Gasteiger partial charge on any atom is 0.317 e. The minimum absolute atomic E-state index is 0.105. The highest BCUT2D eigenvalue weighted by molar-refractivity contribution is 5.77. The number of hydrogen-bond donors (Lipinski definition) is 3. The molecule has 3 N–H and O–H groups in total. The summed E-state index contributed by atoms with van der Waals surface area (Å²) >= 11 is 0. The molecule has 3 rings (SSSR count). The predicted octanol–water partition coefficient (Wildman–Crippen LogP) is 1.22. The van der Waals surface area contributed by atoms with Crippen LogP contribution >= 0.6 is 0 Å². The standard InChI is InChI=1S/C18H24N2O5/c21-14-4-1-3-13(9-14)10-19-8-5-15-18(12-19,17(24)25)6-2-7-20(15)11-16(22)23/h1,3-4,9,15,21H,2,5-8,10-12H2,(H,22,23)(H,24,25)/t15-,18+/m0/s1. The number of carboxylic acid groups (broad SMARTS) is 2. The summed E-state index contributed by atoms with van der Waals surface area (Å²) in [6.07, 6.45) is 1.90. The van der Waals surface area contributed by atoms with E-state index < -0.39 is 17.4 Å². The fourth-order valence-corrected chi connectivity index (χ4v) is 4.42. The van der Waals surface area contributed by atoms with Gasteiger partial charge < -0.3 is 15.3 Å². The van der Waals surface area contributed by atoms with Gasteiger partial charge in [-0.3, -0.25) is 19.4 Å². The smallest absolute Gasteiger partial charge is 0.317 e. The first-order valence-electron chi connectivity index (χ1n) is 8.60. The molecule has 0 aromatic heterocycles. The molecule has 7 heteroatoms. The quantitative estimate of drug-likeness (QED) is 0.735. The van der Waals surface area contributed by atoms with Crippen LogP contribution in [0, 0.1) is 5.41 Å². The Labute approximate surface area is 146 Å². The number of carboxylic acids is 2. The van der Waals surface area contributed by atoms with Crippen LogP contribution in [0.2, 0.25) is 0 Å². The fourth-order valence-electron chi connectivity index (χ4n) is 4.42. The molecule has 0 spiro atoms. The molecule has 0 aliphatic carbocycles. The average molecular weight is 348 g/mol. The number of aromatic hydroxyl groups is 1. The molecule has 136 valence electrons. The second-order valence-electron chi connectivity index (χ2n) is 7.11. The van der Waals surface area contributed by atoms with Crippen molar-refractivity contribution in [3.05, 3.63) is 29.8 Å². The Morgan fingerprint density at radius 2 is 2.04 bits per heavy atom. The zero-order valence-electron chi connectivity index (χ0n) is 14.1. The van der Waals surface area contributed by atoms with E-state index in [2.05, 4.69) is 4.90 Å². The maximum atomic E-state index is 12.2. The van der Waals surface area contributed by atoms with E-state index >= 15 is 0 Å². The summed E-state index contributed by atoms with van der Waals surface area (Å²) in [5.41, 5.74) is 0.0140. The molecule has 0 amide bonds. The fraction of sp³-hybridized carbons (Fsp3) is 0.556. The van der Waals surface area contributed by atoms with Crippen molar-refractivity contribution in [2.45, 2.75) is 31.8 Å². The first kappa shape index (κ1) is 17.7. The predicted molar refractivity (Wildman–Crippen MR) is 90.3 cm³/mol. The van der Waals surface area contributed by atoms with Crippen LogP contribution in [0.25, 0.3) is 0 Å². The maximum absolute atomic E-state index is 12.2. The first-order valence-corrected chi connectivity index (χ1v) is 8.60. The van der Waals surface area contributed by atoms with E-state index in [4.69, 9.17) is 5.11 Å². The third-order valence-corrected chi connectivity index (χ3v) is 5.45. The number of carbonyl (C=O) groups is 2. The van der Waals surface area contributed by atoms with Crippen molar-refractivity contribution >= 4 is 11.9 Å². The van der Waals surface area contributed by atoms with E-state index in [-0.39, 0.29) is 18.3 Å². The topological polar surface area (TPSA) is 101 Å².